The molecule has 0 aliphatic heterocycles. The molecular formula is C13H13N3O3S. The summed E-state index contributed by atoms with van der Waals surface area (Å²) in [7, 11) is 0. The molecule has 0 unspecified atom stereocenters. The molecule has 0 fully saturated rings. The van der Waals surface area contributed by atoms with Gasteiger partial charge in [-0.15, -0.1) is 0 Å². The van der Waals surface area contributed by atoms with E-state index >= 15 is 0 Å². The minimum absolute atomic E-state index is 0.110. The molecule has 2 rings (SSSR count). The fourth-order valence-electron chi connectivity index (χ4n) is 1.47. The Bertz CT molecular complexity index is 643. The van der Waals surface area contributed by atoms with Gasteiger partial charge in [-0.3, -0.25) is 9.59 Å². The average molecular weight is 291 g/mol. The highest BCUT2D eigenvalue weighted by Gasteiger charge is 2.05. The van der Waals surface area contributed by atoms with Crippen LogP contribution in [0.4, 0.5) is 0 Å². The van der Waals surface area contributed by atoms with Gasteiger partial charge in [-0.2, -0.15) is 4.98 Å². The summed E-state index contributed by atoms with van der Waals surface area (Å²) >= 11 is 1.05. The fourth-order valence-corrected chi connectivity index (χ4v) is 2.17. The number of aromatic nitrogens is 2. The van der Waals surface area contributed by atoms with Gasteiger partial charge in [0.15, 0.2) is 5.16 Å². The van der Waals surface area contributed by atoms with Gasteiger partial charge in [-0.05, 0) is 5.56 Å². The summed E-state index contributed by atoms with van der Waals surface area (Å²) in [6, 6.07) is 10.5. The molecule has 0 saturated heterocycles. The van der Waals surface area contributed by atoms with E-state index in [-0.39, 0.29) is 22.7 Å². The molecule has 0 saturated carbocycles. The maximum Gasteiger partial charge on any atom is 0.255 e. The van der Waals surface area contributed by atoms with Crippen LogP contribution in [0.2, 0.25) is 0 Å². The first-order valence-corrected chi connectivity index (χ1v) is 6.86. The summed E-state index contributed by atoms with van der Waals surface area (Å²) in [5.41, 5.74) is 0.555. The Labute approximate surface area is 119 Å². The van der Waals surface area contributed by atoms with Gasteiger partial charge in [0.2, 0.25) is 11.8 Å². The van der Waals surface area contributed by atoms with Gasteiger partial charge in [-0.1, -0.05) is 42.1 Å². The summed E-state index contributed by atoms with van der Waals surface area (Å²) in [4.78, 5) is 28.9. The summed E-state index contributed by atoms with van der Waals surface area (Å²) in [5, 5.41) is 12.1. The van der Waals surface area contributed by atoms with Crippen molar-refractivity contribution in [1.29, 1.82) is 0 Å². The van der Waals surface area contributed by atoms with Crippen LogP contribution in [0.3, 0.4) is 0 Å². The lowest BCUT2D eigenvalue weighted by Gasteiger charge is -2.05. The van der Waals surface area contributed by atoms with Gasteiger partial charge in [0.05, 0.1) is 11.8 Å². The Morgan fingerprint density at radius 2 is 2.10 bits per heavy atom. The van der Waals surface area contributed by atoms with E-state index in [0.29, 0.717) is 6.54 Å². The molecule has 0 atom stereocenters. The Morgan fingerprint density at radius 1 is 1.35 bits per heavy atom. The Hall–Kier alpha value is -2.28. The Kier molecular flexibility index (Phi) is 4.78. The van der Waals surface area contributed by atoms with Crippen molar-refractivity contribution in [2.24, 2.45) is 0 Å². The van der Waals surface area contributed by atoms with Gasteiger partial charge in [0, 0.05) is 6.54 Å². The predicted octanol–water partition coefficient (Wildman–Crippen LogP) is 0.884. The standard InChI is InChI=1S/C13H13N3O3S/c17-10-6-11(18)16-13(15-10)20-8-12(19)14-7-9-4-2-1-3-5-9/h1-6H,7-8H2,(H,14,19)(H2,15,16,17,18). The third-order valence-corrected chi connectivity index (χ3v) is 3.25. The lowest BCUT2D eigenvalue weighted by molar-refractivity contribution is -0.118. The highest BCUT2D eigenvalue weighted by Crippen LogP contribution is 2.12. The molecule has 0 aliphatic rings. The number of aromatic amines is 1. The first-order chi connectivity index (χ1) is 9.63. The molecule has 0 bridgehead atoms. The van der Waals surface area contributed by atoms with Crippen LogP contribution in [0.5, 0.6) is 5.88 Å². The van der Waals surface area contributed by atoms with Crippen molar-refractivity contribution in [2.45, 2.75) is 11.7 Å². The molecule has 1 amide bonds. The number of benzene rings is 1. The predicted molar refractivity (Wildman–Crippen MR) is 75.5 cm³/mol. The number of hydrogen-bond donors (Lipinski definition) is 3. The number of carbonyl (C=O) groups excluding carboxylic acids is 1. The van der Waals surface area contributed by atoms with Crippen LogP contribution in [0, 0.1) is 0 Å². The molecule has 20 heavy (non-hydrogen) atoms. The average Bonchev–Trinajstić information content (AvgIpc) is 2.43. The van der Waals surface area contributed by atoms with Crippen molar-refractivity contribution >= 4 is 17.7 Å². The van der Waals surface area contributed by atoms with Crippen LogP contribution in [0.15, 0.2) is 46.3 Å². The van der Waals surface area contributed by atoms with Gasteiger partial charge in [0.25, 0.3) is 5.56 Å². The number of amides is 1. The summed E-state index contributed by atoms with van der Waals surface area (Å²) in [6.07, 6.45) is 0. The summed E-state index contributed by atoms with van der Waals surface area (Å²) in [6.45, 7) is 0.449. The first-order valence-electron chi connectivity index (χ1n) is 5.87. The van der Waals surface area contributed by atoms with E-state index in [2.05, 4.69) is 15.3 Å². The third kappa shape index (κ3) is 4.43. The van der Waals surface area contributed by atoms with Crippen molar-refractivity contribution in [3.63, 3.8) is 0 Å². The number of nitrogens with one attached hydrogen (secondary N) is 2. The van der Waals surface area contributed by atoms with Crippen LogP contribution in [-0.2, 0) is 11.3 Å². The third-order valence-electron chi connectivity index (χ3n) is 2.38. The fraction of sp³-hybridized carbons (Fsp3) is 0.154. The molecule has 1 heterocycles. The topological polar surface area (TPSA) is 95.1 Å². The zero-order valence-electron chi connectivity index (χ0n) is 10.5. The van der Waals surface area contributed by atoms with E-state index in [9.17, 15) is 9.59 Å². The van der Waals surface area contributed by atoms with Crippen LogP contribution in [0.1, 0.15) is 5.56 Å². The molecule has 2 aromatic rings. The van der Waals surface area contributed by atoms with Crippen LogP contribution in [-0.4, -0.2) is 26.7 Å². The van der Waals surface area contributed by atoms with E-state index < -0.39 is 5.56 Å². The number of thioether (sulfide) groups is 1. The second-order valence-electron chi connectivity index (χ2n) is 3.96. The van der Waals surface area contributed by atoms with E-state index in [1.165, 1.54) is 0 Å². The summed E-state index contributed by atoms with van der Waals surface area (Å²) < 4.78 is 0. The SMILES string of the molecule is O=C(CSc1nc(O)cc(=O)[nH]1)NCc1ccccc1. The molecule has 1 aromatic carbocycles. The molecular weight excluding hydrogens is 278 g/mol. The second kappa shape index (κ2) is 6.76. The van der Waals surface area contributed by atoms with Crippen molar-refractivity contribution in [3.05, 3.63) is 52.3 Å². The molecule has 104 valence electrons. The van der Waals surface area contributed by atoms with E-state index in [1.54, 1.807) is 0 Å². The van der Waals surface area contributed by atoms with E-state index in [1.807, 2.05) is 30.3 Å². The number of nitrogens with zero attached hydrogens (tertiary/aromatic N) is 1. The largest absolute Gasteiger partial charge is 0.493 e. The lowest BCUT2D eigenvalue weighted by Crippen LogP contribution is -2.24. The highest BCUT2D eigenvalue weighted by molar-refractivity contribution is 7.99. The molecule has 6 nitrogen and oxygen atoms in total. The quantitative estimate of drug-likeness (QED) is 0.561. The van der Waals surface area contributed by atoms with Crippen molar-refractivity contribution < 1.29 is 9.90 Å². The molecule has 0 radical (unpaired) electrons. The Balaban J connectivity index is 1.82. The minimum atomic E-state index is -0.454. The smallest absolute Gasteiger partial charge is 0.255 e. The molecule has 0 aliphatic carbocycles. The second-order valence-corrected chi connectivity index (χ2v) is 4.92. The van der Waals surface area contributed by atoms with Crippen molar-refractivity contribution in [1.82, 2.24) is 15.3 Å². The molecule has 7 heteroatoms. The van der Waals surface area contributed by atoms with Gasteiger partial charge >= 0.3 is 0 Å². The molecule has 3 N–H and O–H groups in total. The number of carbonyl (C=O) groups is 1. The molecule has 1 aromatic heterocycles. The minimum Gasteiger partial charge on any atom is -0.493 e. The lowest BCUT2D eigenvalue weighted by atomic mass is 10.2. The first kappa shape index (κ1) is 14.1. The van der Waals surface area contributed by atoms with Crippen molar-refractivity contribution in [3.8, 4) is 5.88 Å². The van der Waals surface area contributed by atoms with Gasteiger partial charge in [-0.25, -0.2) is 0 Å². The number of aromatic hydroxyl groups is 1. The van der Waals surface area contributed by atoms with Crippen LogP contribution < -0.4 is 10.9 Å². The van der Waals surface area contributed by atoms with Crippen LogP contribution >= 0.6 is 11.8 Å². The maximum absolute atomic E-state index is 11.6. The monoisotopic (exact) mass is 291 g/mol. The number of hydrogen-bond acceptors (Lipinski definition) is 5. The maximum atomic E-state index is 11.6. The zero-order valence-corrected chi connectivity index (χ0v) is 11.3. The number of rotatable bonds is 5. The van der Waals surface area contributed by atoms with E-state index in [4.69, 9.17) is 5.11 Å². The van der Waals surface area contributed by atoms with Gasteiger partial charge < -0.3 is 15.4 Å². The molecule has 0 spiro atoms. The number of H-pyrrole nitrogens is 1. The van der Waals surface area contributed by atoms with Crippen LogP contribution in [0.25, 0.3) is 0 Å². The zero-order chi connectivity index (χ0) is 14.4. The van der Waals surface area contributed by atoms with Gasteiger partial charge in [0.1, 0.15) is 0 Å². The Morgan fingerprint density at radius 3 is 2.80 bits per heavy atom. The highest BCUT2D eigenvalue weighted by atomic mass is 32.2. The summed E-state index contributed by atoms with van der Waals surface area (Å²) in [5.74, 6) is -0.426. The van der Waals surface area contributed by atoms with Crippen molar-refractivity contribution in [2.75, 3.05) is 5.75 Å². The van der Waals surface area contributed by atoms with E-state index in [0.717, 1.165) is 23.4 Å². The normalized spacial score (nSPS) is 10.2.